The Morgan fingerprint density at radius 2 is 1.90 bits per heavy atom. The average Bonchev–Trinajstić information content (AvgIpc) is 2.44. The number of hydrogen-bond acceptors (Lipinski definition) is 2. The molecule has 0 saturated heterocycles. The van der Waals surface area contributed by atoms with Gasteiger partial charge in [0.15, 0.2) is 0 Å². The van der Waals surface area contributed by atoms with Crippen LogP contribution in [0.15, 0.2) is 22.7 Å². The van der Waals surface area contributed by atoms with Gasteiger partial charge in [0.05, 0.1) is 16.1 Å². The van der Waals surface area contributed by atoms with Crippen LogP contribution >= 0.6 is 15.9 Å². The monoisotopic (exact) mass is 357 g/mol. The second kappa shape index (κ2) is 6.35. The van der Waals surface area contributed by atoms with Gasteiger partial charge in [0.1, 0.15) is 5.82 Å². The fraction of sp³-hybridized carbons (Fsp3) is 0.647. The lowest BCUT2D eigenvalue weighted by atomic mass is 9.67. The summed E-state index contributed by atoms with van der Waals surface area (Å²) in [7, 11) is 0. The normalized spacial score (nSPS) is 22.0. The lowest BCUT2D eigenvalue weighted by Gasteiger charge is -2.46. The molecule has 0 amide bonds. The molecular formula is C17H25BrFNO. The number of hydrogen-bond donors (Lipinski definition) is 1. The molecule has 0 aromatic heterocycles. The molecule has 0 aliphatic heterocycles. The van der Waals surface area contributed by atoms with Gasteiger partial charge < -0.3 is 10.5 Å². The highest BCUT2D eigenvalue weighted by Crippen LogP contribution is 2.47. The van der Waals surface area contributed by atoms with E-state index in [0.717, 1.165) is 25.7 Å². The highest BCUT2D eigenvalue weighted by atomic mass is 79.9. The van der Waals surface area contributed by atoms with Crippen molar-refractivity contribution in [2.24, 2.45) is 11.1 Å². The van der Waals surface area contributed by atoms with Crippen LogP contribution < -0.4 is 5.73 Å². The van der Waals surface area contributed by atoms with Crippen molar-refractivity contribution in [2.45, 2.75) is 58.1 Å². The van der Waals surface area contributed by atoms with E-state index in [2.05, 4.69) is 29.8 Å². The molecule has 2 N–H and O–H groups in total. The average molecular weight is 358 g/mol. The van der Waals surface area contributed by atoms with E-state index in [9.17, 15) is 4.39 Å². The van der Waals surface area contributed by atoms with Gasteiger partial charge in [-0.25, -0.2) is 4.39 Å². The third kappa shape index (κ3) is 3.49. The number of ether oxygens (including phenoxy) is 1. The number of benzene rings is 1. The molecule has 0 heterocycles. The predicted molar refractivity (Wildman–Crippen MR) is 87.6 cm³/mol. The van der Waals surface area contributed by atoms with E-state index >= 15 is 0 Å². The highest BCUT2D eigenvalue weighted by molar-refractivity contribution is 9.10. The lowest BCUT2D eigenvalue weighted by molar-refractivity contribution is -0.101. The smallest absolute Gasteiger partial charge is 0.142 e. The summed E-state index contributed by atoms with van der Waals surface area (Å²) >= 11 is 3.24. The second-order valence-corrected chi connectivity index (χ2v) is 7.64. The molecule has 1 aromatic rings. The Morgan fingerprint density at radius 1 is 1.29 bits per heavy atom. The molecular weight excluding hydrogens is 333 g/mol. The zero-order valence-corrected chi connectivity index (χ0v) is 14.7. The van der Waals surface area contributed by atoms with Crippen molar-refractivity contribution < 1.29 is 9.13 Å². The van der Waals surface area contributed by atoms with Crippen LogP contribution in [-0.4, -0.2) is 12.2 Å². The van der Waals surface area contributed by atoms with Crippen LogP contribution in [0.2, 0.25) is 0 Å². The third-order valence-electron chi connectivity index (χ3n) is 4.77. The van der Waals surface area contributed by atoms with E-state index in [-0.39, 0.29) is 5.82 Å². The SMILES string of the molecule is CCOC1(C(N)c2cccc(Br)c2F)CCC(C)(C)CC1. The molecule has 0 bridgehead atoms. The Morgan fingerprint density at radius 3 is 2.48 bits per heavy atom. The number of rotatable bonds is 4. The fourth-order valence-corrected chi connectivity index (χ4v) is 3.61. The summed E-state index contributed by atoms with van der Waals surface area (Å²) in [5, 5.41) is 0. The first kappa shape index (κ1) is 16.9. The van der Waals surface area contributed by atoms with Crippen molar-refractivity contribution in [1.29, 1.82) is 0 Å². The second-order valence-electron chi connectivity index (χ2n) is 6.78. The number of halogens is 2. The predicted octanol–water partition coefficient (Wildman–Crippen LogP) is 4.96. The molecule has 4 heteroatoms. The Balaban J connectivity index is 2.32. The van der Waals surface area contributed by atoms with Gasteiger partial charge in [-0.1, -0.05) is 26.0 Å². The summed E-state index contributed by atoms with van der Waals surface area (Å²) in [6.07, 6.45) is 3.86. The highest BCUT2D eigenvalue weighted by Gasteiger charge is 2.44. The maximum Gasteiger partial charge on any atom is 0.142 e. The zero-order valence-electron chi connectivity index (χ0n) is 13.1. The molecule has 1 aliphatic rings. The van der Waals surface area contributed by atoms with Crippen LogP contribution in [0.3, 0.4) is 0 Å². The van der Waals surface area contributed by atoms with E-state index in [1.165, 1.54) is 0 Å². The minimum Gasteiger partial charge on any atom is -0.373 e. The van der Waals surface area contributed by atoms with E-state index in [4.69, 9.17) is 10.5 Å². The number of nitrogens with two attached hydrogens (primary N) is 1. The van der Waals surface area contributed by atoms with Gasteiger partial charge in [0.25, 0.3) is 0 Å². The van der Waals surface area contributed by atoms with Gasteiger partial charge in [-0.15, -0.1) is 0 Å². The lowest BCUT2D eigenvalue weighted by Crippen LogP contribution is -2.48. The van der Waals surface area contributed by atoms with Crippen molar-refractivity contribution in [2.75, 3.05) is 6.61 Å². The van der Waals surface area contributed by atoms with Crippen LogP contribution in [-0.2, 0) is 4.74 Å². The Kier molecular flexibility index (Phi) is 5.11. The van der Waals surface area contributed by atoms with Crippen LogP contribution in [0.25, 0.3) is 0 Å². The van der Waals surface area contributed by atoms with Crippen molar-refractivity contribution in [3.05, 3.63) is 34.1 Å². The van der Waals surface area contributed by atoms with Crippen molar-refractivity contribution in [3.63, 3.8) is 0 Å². The van der Waals surface area contributed by atoms with Gasteiger partial charge in [-0.3, -0.25) is 0 Å². The molecule has 2 nitrogen and oxygen atoms in total. The van der Waals surface area contributed by atoms with Crippen LogP contribution in [0, 0.1) is 11.2 Å². The molecule has 1 fully saturated rings. The first-order valence-electron chi connectivity index (χ1n) is 7.65. The quantitative estimate of drug-likeness (QED) is 0.825. The summed E-state index contributed by atoms with van der Waals surface area (Å²) in [6.45, 7) is 7.12. The summed E-state index contributed by atoms with van der Waals surface area (Å²) < 4.78 is 20.9. The summed E-state index contributed by atoms with van der Waals surface area (Å²) in [5.74, 6) is -0.270. The molecule has 118 valence electrons. The molecule has 0 radical (unpaired) electrons. The fourth-order valence-electron chi connectivity index (χ4n) is 3.23. The Hall–Kier alpha value is -0.450. The molecule has 0 spiro atoms. The van der Waals surface area contributed by atoms with Crippen molar-refractivity contribution in [1.82, 2.24) is 0 Å². The Bertz CT molecular complexity index is 494. The van der Waals surface area contributed by atoms with Crippen LogP contribution in [0.4, 0.5) is 4.39 Å². The van der Waals surface area contributed by atoms with Crippen LogP contribution in [0.5, 0.6) is 0 Å². The zero-order chi connectivity index (χ0) is 15.7. The summed E-state index contributed by atoms with van der Waals surface area (Å²) in [4.78, 5) is 0. The topological polar surface area (TPSA) is 35.2 Å². The molecule has 1 aromatic carbocycles. The minimum atomic E-state index is -0.452. The van der Waals surface area contributed by atoms with E-state index < -0.39 is 11.6 Å². The van der Waals surface area contributed by atoms with E-state index in [1.807, 2.05) is 13.0 Å². The van der Waals surface area contributed by atoms with E-state index in [0.29, 0.717) is 22.1 Å². The summed E-state index contributed by atoms with van der Waals surface area (Å²) in [6, 6.07) is 4.86. The van der Waals surface area contributed by atoms with Crippen molar-refractivity contribution >= 4 is 15.9 Å². The van der Waals surface area contributed by atoms with E-state index in [1.54, 1.807) is 12.1 Å². The Labute approximate surface area is 135 Å². The van der Waals surface area contributed by atoms with Crippen LogP contribution in [0.1, 0.15) is 58.1 Å². The van der Waals surface area contributed by atoms with Gasteiger partial charge in [0.2, 0.25) is 0 Å². The van der Waals surface area contributed by atoms with Gasteiger partial charge in [-0.2, -0.15) is 0 Å². The maximum atomic E-state index is 14.4. The summed E-state index contributed by atoms with van der Waals surface area (Å²) in [5.41, 5.74) is 6.87. The first-order chi connectivity index (χ1) is 9.81. The first-order valence-corrected chi connectivity index (χ1v) is 8.44. The molecule has 21 heavy (non-hydrogen) atoms. The molecule has 1 aliphatic carbocycles. The molecule has 1 saturated carbocycles. The standard InChI is InChI=1S/C17H25BrFNO/c1-4-21-17(10-8-16(2,3)9-11-17)15(20)12-6-5-7-13(18)14(12)19/h5-7,15H,4,8-11,20H2,1-3H3. The van der Waals surface area contributed by atoms with Gasteiger partial charge in [0, 0.05) is 12.2 Å². The largest absolute Gasteiger partial charge is 0.373 e. The maximum absolute atomic E-state index is 14.4. The molecule has 1 atom stereocenters. The minimum absolute atomic E-state index is 0.270. The van der Waals surface area contributed by atoms with Gasteiger partial charge >= 0.3 is 0 Å². The molecule has 2 rings (SSSR count). The van der Waals surface area contributed by atoms with Gasteiger partial charge in [-0.05, 0) is 60.0 Å². The molecule has 1 unspecified atom stereocenters. The van der Waals surface area contributed by atoms with Crippen molar-refractivity contribution in [3.8, 4) is 0 Å². The third-order valence-corrected chi connectivity index (χ3v) is 5.38.